The van der Waals surface area contributed by atoms with Crippen LogP contribution < -0.4 is 0 Å². The number of aromatic hydroxyl groups is 1. The zero-order valence-corrected chi connectivity index (χ0v) is 9.48. The molecule has 2 aromatic rings. The first-order valence-corrected chi connectivity index (χ1v) is 5.25. The highest BCUT2D eigenvalue weighted by Gasteiger charge is 2.35. The summed E-state index contributed by atoms with van der Waals surface area (Å²) in [4.78, 5) is 15.7. The van der Waals surface area contributed by atoms with Crippen LogP contribution in [-0.2, 0) is 6.18 Å². The number of carbonyl (C=O) groups excluding carboxylic acids is 1. The van der Waals surface area contributed by atoms with Crippen LogP contribution in [0.4, 0.5) is 13.2 Å². The molecular formula is C13H8F3NO2. The van der Waals surface area contributed by atoms with Gasteiger partial charge in [-0.15, -0.1) is 0 Å². The molecule has 19 heavy (non-hydrogen) atoms. The Balaban J connectivity index is 2.50. The fourth-order valence-electron chi connectivity index (χ4n) is 1.61. The summed E-state index contributed by atoms with van der Waals surface area (Å²) >= 11 is 0. The Morgan fingerprint density at radius 2 is 1.74 bits per heavy atom. The number of pyridine rings is 1. The van der Waals surface area contributed by atoms with Crippen LogP contribution in [0.15, 0.2) is 42.7 Å². The summed E-state index contributed by atoms with van der Waals surface area (Å²) in [5, 5.41) is 9.60. The summed E-state index contributed by atoms with van der Waals surface area (Å²) in [6.07, 6.45) is -2.02. The molecule has 1 aromatic carbocycles. The first-order chi connectivity index (χ1) is 8.91. The van der Waals surface area contributed by atoms with E-state index in [4.69, 9.17) is 0 Å². The van der Waals surface area contributed by atoms with Gasteiger partial charge in [0.25, 0.3) is 0 Å². The van der Waals surface area contributed by atoms with E-state index in [0.29, 0.717) is 0 Å². The van der Waals surface area contributed by atoms with Crippen LogP contribution in [0.5, 0.6) is 5.75 Å². The Bertz CT molecular complexity index is 609. The second kappa shape index (κ2) is 4.72. The average Bonchev–Trinajstić information content (AvgIpc) is 2.38. The minimum Gasteiger partial charge on any atom is -0.507 e. The van der Waals surface area contributed by atoms with E-state index < -0.39 is 23.3 Å². The van der Waals surface area contributed by atoms with E-state index in [2.05, 4.69) is 4.98 Å². The number of nitrogens with zero attached hydrogens (tertiary/aromatic N) is 1. The standard InChI is InChI=1S/C13H8F3NO2/c14-13(15,16)10-3-1-2-9(12(10)19)11(18)8-4-6-17-7-5-8/h1-7,19H. The van der Waals surface area contributed by atoms with Crippen LogP contribution in [0.1, 0.15) is 21.5 Å². The molecule has 0 spiro atoms. The molecule has 1 N–H and O–H groups in total. The van der Waals surface area contributed by atoms with Crippen molar-refractivity contribution in [1.82, 2.24) is 4.98 Å². The average molecular weight is 267 g/mol. The van der Waals surface area contributed by atoms with Crippen molar-refractivity contribution in [2.45, 2.75) is 6.18 Å². The van der Waals surface area contributed by atoms with E-state index in [0.717, 1.165) is 18.2 Å². The van der Waals surface area contributed by atoms with Crippen LogP contribution in [0, 0.1) is 0 Å². The second-order valence-electron chi connectivity index (χ2n) is 3.76. The number of benzene rings is 1. The van der Waals surface area contributed by atoms with Crippen molar-refractivity contribution in [1.29, 1.82) is 0 Å². The van der Waals surface area contributed by atoms with Gasteiger partial charge in [0, 0.05) is 18.0 Å². The van der Waals surface area contributed by atoms with Crippen molar-refractivity contribution < 1.29 is 23.1 Å². The van der Waals surface area contributed by atoms with E-state index in [1.807, 2.05) is 0 Å². The van der Waals surface area contributed by atoms with Crippen LogP contribution >= 0.6 is 0 Å². The monoisotopic (exact) mass is 267 g/mol. The lowest BCUT2D eigenvalue weighted by atomic mass is 10.0. The molecule has 0 bridgehead atoms. The number of alkyl halides is 3. The van der Waals surface area contributed by atoms with Crippen LogP contribution in [-0.4, -0.2) is 15.9 Å². The maximum absolute atomic E-state index is 12.6. The Kier molecular flexibility index (Phi) is 3.25. The van der Waals surface area contributed by atoms with E-state index >= 15 is 0 Å². The maximum atomic E-state index is 12.6. The molecule has 6 heteroatoms. The second-order valence-corrected chi connectivity index (χ2v) is 3.76. The minimum atomic E-state index is -4.71. The zero-order valence-electron chi connectivity index (χ0n) is 9.48. The highest BCUT2D eigenvalue weighted by molar-refractivity contribution is 6.10. The van der Waals surface area contributed by atoms with Gasteiger partial charge >= 0.3 is 6.18 Å². The fourth-order valence-corrected chi connectivity index (χ4v) is 1.61. The molecule has 98 valence electrons. The van der Waals surface area contributed by atoms with E-state index in [1.165, 1.54) is 24.5 Å². The third-order valence-electron chi connectivity index (χ3n) is 2.53. The van der Waals surface area contributed by atoms with E-state index in [-0.39, 0.29) is 11.1 Å². The summed E-state index contributed by atoms with van der Waals surface area (Å²) in [6, 6.07) is 5.67. The molecule has 3 nitrogen and oxygen atoms in total. The number of rotatable bonds is 2. The Morgan fingerprint density at radius 1 is 1.11 bits per heavy atom. The van der Waals surface area contributed by atoms with Crippen LogP contribution in [0.2, 0.25) is 0 Å². The van der Waals surface area contributed by atoms with Crippen molar-refractivity contribution >= 4 is 5.78 Å². The van der Waals surface area contributed by atoms with Crippen molar-refractivity contribution in [3.8, 4) is 5.75 Å². The lowest BCUT2D eigenvalue weighted by Gasteiger charge is -2.11. The molecule has 0 aliphatic heterocycles. The van der Waals surface area contributed by atoms with Gasteiger partial charge in [0.1, 0.15) is 5.75 Å². The smallest absolute Gasteiger partial charge is 0.419 e. The molecule has 0 unspecified atom stereocenters. The summed E-state index contributed by atoms with van der Waals surface area (Å²) in [6.45, 7) is 0. The normalized spacial score (nSPS) is 11.3. The Hall–Kier alpha value is -2.37. The quantitative estimate of drug-likeness (QED) is 0.851. The van der Waals surface area contributed by atoms with Gasteiger partial charge in [-0.05, 0) is 24.3 Å². The van der Waals surface area contributed by atoms with Crippen molar-refractivity contribution in [3.05, 3.63) is 59.4 Å². The van der Waals surface area contributed by atoms with Gasteiger partial charge in [0.05, 0.1) is 11.1 Å². The molecule has 0 fully saturated rings. The van der Waals surface area contributed by atoms with Crippen molar-refractivity contribution in [2.75, 3.05) is 0 Å². The SMILES string of the molecule is O=C(c1ccncc1)c1cccc(C(F)(F)F)c1O. The number of para-hydroxylation sites is 1. The Morgan fingerprint density at radius 3 is 2.32 bits per heavy atom. The molecular weight excluding hydrogens is 259 g/mol. The highest BCUT2D eigenvalue weighted by atomic mass is 19.4. The summed E-state index contributed by atoms with van der Waals surface area (Å²) in [5.74, 6) is -1.75. The predicted molar refractivity (Wildman–Crippen MR) is 60.8 cm³/mol. The predicted octanol–water partition coefficient (Wildman–Crippen LogP) is 3.04. The van der Waals surface area contributed by atoms with Crippen LogP contribution in [0.3, 0.4) is 0 Å². The molecule has 0 aliphatic carbocycles. The van der Waals surface area contributed by atoms with Crippen molar-refractivity contribution in [3.63, 3.8) is 0 Å². The van der Waals surface area contributed by atoms with E-state index in [9.17, 15) is 23.1 Å². The first kappa shape index (κ1) is 13.1. The number of aromatic nitrogens is 1. The molecule has 0 aliphatic rings. The third-order valence-corrected chi connectivity index (χ3v) is 2.53. The van der Waals surface area contributed by atoms with Gasteiger partial charge < -0.3 is 5.11 Å². The summed E-state index contributed by atoms with van der Waals surface area (Å²) < 4.78 is 37.8. The van der Waals surface area contributed by atoms with Crippen molar-refractivity contribution in [2.24, 2.45) is 0 Å². The van der Waals surface area contributed by atoms with Gasteiger partial charge in [0.2, 0.25) is 0 Å². The van der Waals surface area contributed by atoms with Gasteiger partial charge in [-0.2, -0.15) is 13.2 Å². The summed E-state index contributed by atoms with van der Waals surface area (Å²) in [5.41, 5.74) is -1.46. The maximum Gasteiger partial charge on any atom is 0.419 e. The molecule has 0 saturated carbocycles. The molecule has 0 radical (unpaired) electrons. The molecule has 1 heterocycles. The molecule has 0 saturated heterocycles. The number of hydrogen-bond acceptors (Lipinski definition) is 3. The molecule has 0 amide bonds. The number of hydrogen-bond donors (Lipinski definition) is 1. The van der Waals surface area contributed by atoms with Crippen LogP contribution in [0.25, 0.3) is 0 Å². The Labute approximate surface area is 106 Å². The minimum absolute atomic E-state index is 0.157. The number of phenolic OH excluding ortho intramolecular Hbond substituents is 1. The van der Waals surface area contributed by atoms with E-state index in [1.54, 1.807) is 0 Å². The zero-order chi connectivity index (χ0) is 14.0. The largest absolute Gasteiger partial charge is 0.507 e. The molecule has 1 aromatic heterocycles. The van der Waals surface area contributed by atoms with Gasteiger partial charge in [0.15, 0.2) is 5.78 Å². The lowest BCUT2D eigenvalue weighted by molar-refractivity contribution is -0.138. The number of ketones is 1. The van der Waals surface area contributed by atoms with Gasteiger partial charge in [-0.25, -0.2) is 0 Å². The summed E-state index contributed by atoms with van der Waals surface area (Å²) in [7, 11) is 0. The molecule has 0 atom stereocenters. The first-order valence-electron chi connectivity index (χ1n) is 5.25. The number of carbonyl (C=O) groups is 1. The number of phenols is 1. The highest BCUT2D eigenvalue weighted by Crippen LogP contribution is 2.37. The number of halogens is 3. The third kappa shape index (κ3) is 2.57. The van der Waals surface area contributed by atoms with Gasteiger partial charge in [-0.1, -0.05) is 6.07 Å². The fraction of sp³-hybridized carbons (Fsp3) is 0.0769. The molecule has 2 rings (SSSR count). The lowest BCUT2D eigenvalue weighted by Crippen LogP contribution is -2.09. The van der Waals surface area contributed by atoms with Gasteiger partial charge in [-0.3, -0.25) is 9.78 Å². The topological polar surface area (TPSA) is 50.2 Å².